The molecule has 33 heavy (non-hydrogen) atoms. The maximum absolute atomic E-state index is 13.2. The third kappa shape index (κ3) is 4.08. The molecule has 0 bridgehead atoms. The number of amides is 1. The zero-order valence-corrected chi connectivity index (χ0v) is 17.8. The van der Waals surface area contributed by atoms with Gasteiger partial charge in [-0.05, 0) is 42.8 Å². The van der Waals surface area contributed by atoms with E-state index in [1.165, 1.54) is 23.1 Å². The number of ether oxygens (including phenoxy) is 1. The van der Waals surface area contributed by atoms with Crippen LogP contribution in [0.25, 0.3) is 5.76 Å². The Kier molecular flexibility index (Phi) is 5.95. The van der Waals surface area contributed by atoms with Crippen LogP contribution in [-0.2, 0) is 14.3 Å². The number of carbonyl (C=O) groups is 3. The van der Waals surface area contributed by atoms with Crippen molar-refractivity contribution in [2.24, 2.45) is 0 Å². The molecule has 1 unspecified atom stereocenters. The van der Waals surface area contributed by atoms with Crippen molar-refractivity contribution in [1.82, 2.24) is 0 Å². The van der Waals surface area contributed by atoms with Gasteiger partial charge in [0.25, 0.3) is 11.7 Å². The van der Waals surface area contributed by atoms with Gasteiger partial charge in [0.1, 0.15) is 11.5 Å². The number of phenolic OH excluding ortho intramolecular Hbond substituents is 1. The fourth-order valence-electron chi connectivity index (χ4n) is 3.82. The van der Waals surface area contributed by atoms with Gasteiger partial charge in [-0.1, -0.05) is 48.5 Å². The summed E-state index contributed by atoms with van der Waals surface area (Å²) >= 11 is 0. The smallest absolute Gasteiger partial charge is 0.338 e. The zero-order chi connectivity index (χ0) is 23.5. The molecular weight excluding hydrogens is 422 g/mol. The SMILES string of the molecule is CCOC(=O)c1cccc(N2C(=O)C(=O)/C(=C(/O)c3ccccc3)C2c2ccc(O)cc2)c1. The number of carbonyl (C=O) groups excluding carboxylic acids is 3. The standard InChI is InChI=1S/C26H21NO6/c1-2-33-26(32)18-9-6-10-19(15-18)27-22(16-11-13-20(28)14-12-16)21(24(30)25(27)31)23(29)17-7-4-3-5-8-17/h3-15,22,28-29H,2H2,1H3/b23-21+. The molecule has 0 saturated carbocycles. The van der Waals surface area contributed by atoms with Crippen molar-refractivity contribution in [3.05, 3.63) is 101 Å². The Bertz CT molecular complexity index is 1250. The lowest BCUT2D eigenvalue weighted by Crippen LogP contribution is -2.29. The van der Waals surface area contributed by atoms with Crippen molar-refractivity contribution in [3.8, 4) is 5.75 Å². The molecule has 1 aliphatic rings. The number of nitrogens with zero attached hydrogens (tertiary/aromatic N) is 1. The summed E-state index contributed by atoms with van der Waals surface area (Å²) in [5, 5.41) is 20.8. The zero-order valence-electron chi connectivity index (χ0n) is 17.8. The molecule has 0 aliphatic carbocycles. The molecule has 7 heteroatoms. The molecule has 4 rings (SSSR count). The Morgan fingerprint density at radius 3 is 2.27 bits per heavy atom. The van der Waals surface area contributed by atoms with E-state index in [2.05, 4.69) is 0 Å². The number of hydrogen-bond acceptors (Lipinski definition) is 6. The molecule has 1 aliphatic heterocycles. The predicted octanol–water partition coefficient (Wildman–Crippen LogP) is 4.20. The minimum atomic E-state index is -0.969. The number of aliphatic hydroxyl groups is 1. The van der Waals surface area contributed by atoms with Gasteiger partial charge in [0, 0.05) is 11.3 Å². The molecule has 0 radical (unpaired) electrons. The lowest BCUT2D eigenvalue weighted by molar-refractivity contribution is -0.132. The molecule has 3 aromatic rings. The van der Waals surface area contributed by atoms with E-state index in [0.29, 0.717) is 16.8 Å². The van der Waals surface area contributed by atoms with Crippen LogP contribution >= 0.6 is 0 Å². The first-order valence-corrected chi connectivity index (χ1v) is 10.3. The second-order valence-electron chi connectivity index (χ2n) is 7.40. The third-order valence-electron chi connectivity index (χ3n) is 5.34. The van der Waals surface area contributed by atoms with Crippen LogP contribution in [0.1, 0.15) is 34.5 Å². The number of aromatic hydroxyl groups is 1. The van der Waals surface area contributed by atoms with Crippen LogP contribution in [0.2, 0.25) is 0 Å². The predicted molar refractivity (Wildman–Crippen MR) is 122 cm³/mol. The topological polar surface area (TPSA) is 104 Å². The first kappa shape index (κ1) is 21.8. The van der Waals surface area contributed by atoms with Gasteiger partial charge in [0.15, 0.2) is 0 Å². The molecule has 2 N–H and O–H groups in total. The van der Waals surface area contributed by atoms with Gasteiger partial charge in [0.05, 0.1) is 23.8 Å². The summed E-state index contributed by atoms with van der Waals surface area (Å²) in [4.78, 5) is 39.8. The van der Waals surface area contributed by atoms with E-state index in [0.717, 1.165) is 0 Å². The van der Waals surface area contributed by atoms with Crippen LogP contribution in [-0.4, -0.2) is 34.5 Å². The summed E-state index contributed by atoms with van der Waals surface area (Å²) in [6.07, 6.45) is 0. The monoisotopic (exact) mass is 443 g/mol. The number of rotatable bonds is 5. The summed E-state index contributed by atoms with van der Waals surface area (Å²) in [5.41, 5.74) is 1.33. The normalized spacial score (nSPS) is 17.2. The quantitative estimate of drug-likeness (QED) is 0.265. The minimum Gasteiger partial charge on any atom is -0.508 e. The van der Waals surface area contributed by atoms with Gasteiger partial charge in [-0.25, -0.2) is 4.79 Å². The van der Waals surface area contributed by atoms with Crippen LogP contribution in [0.4, 0.5) is 5.69 Å². The molecule has 1 saturated heterocycles. The molecule has 7 nitrogen and oxygen atoms in total. The number of benzene rings is 3. The molecular formula is C26H21NO6. The van der Waals surface area contributed by atoms with Crippen LogP contribution in [0.5, 0.6) is 5.75 Å². The number of esters is 1. The van der Waals surface area contributed by atoms with E-state index in [1.807, 2.05) is 0 Å². The Balaban J connectivity index is 1.90. The van der Waals surface area contributed by atoms with E-state index in [-0.39, 0.29) is 29.3 Å². The number of anilines is 1. The molecule has 0 spiro atoms. The number of aliphatic hydroxyl groups excluding tert-OH is 1. The Morgan fingerprint density at radius 2 is 1.61 bits per heavy atom. The van der Waals surface area contributed by atoms with Gasteiger partial charge in [0.2, 0.25) is 0 Å². The largest absolute Gasteiger partial charge is 0.508 e. The Labute approximate surface area is 190 Å². The van der Waals surface area contributed by atoms with Crippen LogP contribution in [0.15, 0.2) is 84.4 Å². The number of ketones is 1. The van der Waals surface area contributed by atoms with Crippen molar-refractivity contribution < 1.29 is 29.3 Å². The highest BCUT2D eigenvalue weighted by atomic mass is 16.5. The number of Topliss-reactive ketones (excluding diaryl/α,β-unsaturated/α-hetero) is 1. The van der Waals surface area contributed by atoms with Crippen molar-refractivity contribution in [1.29, 1.82) is 0 Å². The van der Waals surface area contributed by atoms with E-state index in [9.17, 15) is 24.6 Å². The summed E-state index contributed by atoms with van der Waals surface area (Å²) in [6, 6.07) is 19.7. The van der Waals surface area contributed by atoms with Crippen LogP contribution in [0.3, 0.4) is 0 Å². The summed E-state index contributed by atoms with van der Waals surface area (Å²) in [6.45, 7) is 1.88. The second kappa shape index (κ2) is 9.00. The number of phenols is 1. The first-order valence-electron chi connectivity index (χ1n) is 10.3. The van der Waals surface area contributed by atoms with Crippen molar-refractivity contribution in [3.63, 3.8) is 0 Å². The summed E-state index contributed by atoms with van der Waals surface area (Å²) < 4.78 is 5.05. The van der Waals surface area contributed by atoms with Gasteiger partial charge in [-0.2, -0.15) is 0 Å². The first-order chi connectivity index (χ1) is 15.9. The fourth-order valence-corrected chi connectivity index (χ4v) is 3.82. The average molecular weight is 443 g/mol. The van der Waals surface area contributed by atoms with E-state index >= 15 is 0 Å². The molecule has 1 fully saturated rings. The van der Waals surface area contributed by atoms with Crippen LogP contribution < -0.4 is 4.90 Å². The van der Waals surface area contributed by atoms with Gasteiger partial charge < -0.3 is 14.9 Å². The lowest BCUT2D eigenvalue weighted by Gasteiger charge is -2.25. The van der Waals surface area contributed by atoms with Crippen molar-refractivity contribution >= 4 is 29.1 Å². The summed E-state index contributed by atoms with van der Waals surface area (Å²) in [7, 11) is 0. The third-order valence-corrected chi connectivity index (χ3v) is 5.34. The molecule has 166 valence electrons. The summed E-state index contributed by atoms with van der Waals surface area (Å²) in [5.74, 6) is -2.54. The maximum atomic E-state index is 13.2. The van der Waals surface area contributed by atoms with Crippen molar-refractivity contribution in [2.75, 3.05) is 11.5 Å². The highest BCUT2D eigenvalue weighted by molar-refractivity contribution is 6.51. The van der Waals surface area contributed by atoms with E-state index in [4.69, 9.17) is 4.74 Å². The van der Waals surface area contributed by atoms with E-state index in [1.54, 1.807) is 67.6 Å². The maximum Gasteiger partial charge on any atom is 0.338 e. The molecule has 3 aromatic carbocycles. The Hall–Kier alpha value is -4.39. The lowest BCUT2D eigenvalue weighted by atomic mass is 9.95. The Morgan fingerprint density at radius 1 is 0.939 bits per heavy atom. The molecule has 1 amide bonds. The second-order valence-corrected chi connectivity index (χ2v) is 7.40. The average Bonchev–Trinajstić information content (AvgIpc) is 3.10. The highest BCUT2D eigenvalue weighted by Crippen LogP contribution is 2.42. The van der Waals surface area contributed by atoms with Gasteiger partial charge >= 0.3 is 5.97 Å². The van der Waals surface area contributed by atoms with Gasteiger partial charge in [-0.15, -0.1) is 0 Å². The molecule has 1 heterocycles. The van der Waals surface area contributed by atoms with Crippen molar-refractivity contribution in [2.45, 2.75) is 13.0 Å². The minimum absolute atomic E-state index is 0.0167. The molecule has 0 aromatic heterocycles. The molecule has 1 atom stereocenters. The highest BCUT2D eigenvalue weighted by Gasteiger charge is 2.47. The fraction of sp³-hybridized carbons (Fsp3) is 0.115. The number of hydrogen-bond donors (Lipinski definition) is 2. The van der Waals surface area contributed by atoms with Gasteiger partial charge in [-0.3, -0.25) is 14.5 Å². The van der Waals surface area contributed by atoms with E-state index < -0.39 is 23.7 Å². The van der Waals surface area contributed by atoms with Crippen LogP contribution in [0, 0.1) is 0 Å².